The van der Waals surface area contributed by atoms with Crippen LogP contribution in [0.4, 0.5) is 0 Å². The van der Waals surface area contributed by atoms with E-state index in [0.717, 1.165) is 31.2 Å². The summed E-state index contributed by atoms with van der Waals surface area (Å²) < 4.78 is 22.9. The molecule has 0 spiro atoms. The summed E-state index contributed by atoms with van der Waals surface area (Å²) in [6.45, 7) is -0.150. The number of ether oxygens (including phenoxy) is 4. The van der Waals surface area contributed by atoms with E-state index in [-0.39, 0.29) is 44.9 Å². The molecule has 0 radical (unpaired) electrons. The van der Waals surface area contributed by atoms with Crippen molar-refractivity contribution in [2.24, 2.45) is 5.92 Å². The Balaban J connectivity index is 1.42. The van der Waals surface area contributed by atoms with Gasteiger partial charge in [0, 0.05) is 30.1 Å². The molecule has 2 heterocycles. The highest BCUT2D eigenvalue weighted by Crippen LogP contribution is 2.51. The van der Waals surface area contributed by atoms with Gasteiger partial charge in [-0.25, -0.2) is 0 Å². The fourth-order valence-corrected chi connectivity index (χ4v) is 6.59. The van der Waals surface area contributed by atoms with Gasteiger partial charge >= 0.3 is 0 Å². The van der Waals surface area contributed by atoms with Gasteiger partial charge < -0.3 is 44.5 Å². The van der Waals surface area contributed by atoms with E-state index in [9.17, 15) is 24.9 Å². The number of nitrogens with one attached hydrogen (secondary N) is 1. The SMILES string of the molecule is COc1cc(CO)cc2c1OC1C2C(C(=O)NCCO)=CC(N(Cc2ccc3c(c2)OCO3)C(=O)C2CCCC2)C1O. The summed E-state index contributed by atoms with van der Waals surface area (Å²) in [5, 5.41) is 33.9. The first-order valence-corrected chi connectivity index (χ1v) is 14.4. The molecule has 4 atom stereocenters. The Morgan fingerprint density at radius 2 is 1.86 bits per heavy atom. The fraction of sp³-hybridized carbons (Fsp3) is 0.484. The summed E-state index contributed by atoms with van der Waals surface area (Å²) in [4.78, 5) is 29.3. The summed E-state index contributed by atoms with van der Waals surface area (Å²) in [7, 11) is 1.49. The van der Waals surface area contributed by atoms with Crippen LogP contribution in [0.3, 0.4) is 0 Å². The lowest BCUT2D eigenvalue weighted by molar-refractivity contribution is -0.142. The number of methoxy groups -OCH3 is 1. The van der Waals surface area contributed by atoms with Gasteiger partial charge in [0.2, 0.25) is 18.6 Å². The van der Waals surface area contributed by atoms with Crippen LogP contribution in [0.25, 0.3) is 0 Å². The van der Waals surface area contributed by atoms with Crippen LogP contribution in [0.1, 0.15) is 48.3 Å². The summed E-state index contributed by atoms with van der Waals surface area (Å²) in [5.41, 5.74) is 2.29. The van der Waals surface area contributed by atoms with E-state index in [1.54, 1.807) is 29.2 Å². The molecule has 11 nitrogen and oxygen atoms in total. The monoisotopic (exact) mass is 580 g/mol. The van der Waals surface area contributed by atoms with E-state index in [0.29, 0.717) is 39.7 Å². The Kier molecular flexibility index (Phi) is 7.98. The lowest BCUT2D eigenvalue weighted by Crippen LogP contribution is -2.56. The number of hydrogen-bond donors (Lipinski definition) is 4. The number of aliphatic hydroxyl groups is 3. The Morgan fingerprint density at radius 3 is 2.60 bits per heavy atom. The number of nitrogens with zero attached hydrogens (tertiary/aromatic N) is 1. The quantitative estimate of drug-likeness (QED) is 0.348. The highest BCUT2D eigenvalue weighted by molar-refractivity contribution is 5.96. The molecule has 4 N–H and O–H groups in total. The summed E-state index contributed by atoms with van der Waals surface area (Å²) in [6, 6.07) is 8.02. The zero-order chi connectivity index (χ0) is 29.4. The smallest absolute Gasteiger partial charge is 0.247 e. The molecule has 0 aromatic heterocycles. The number of fused-ring (bicyclic) bond motifs is 4. The van der Waals surface area contributed by atoms with Gasteiger partial charge in [0.15, 0.2) is 23.0 Å². The molecule has 0 bridgehead atoms. The third-order valence-electron chi connectivity index (χ3n) is 8.63. The Hall–Kier alpha value is -3.80. The maximum absolute atomic E-state index is 14.1. The van der Waals surface area contributed by atoms with Crippen molar-refractivity contribution < 1.29 is 43.9 Å². The van der Waals surface area contributed by atoms with Crippen molar-refractivity contribution >= 4 is 11.8 Å². The van der Waals surface area contributed by atoms with Gasteiger partial charge in [-0.15, -0.1) is 0 Å². The predicted molar refractivity (Wildman–Crippen MR) is 149 cm³/mol. The molecule has 2 amide bonds. The number of aliphatic hydroxyl groups excluding tert-OH is 3. The van der Waals surface area contributed by atoms with Gasteiger partial charge in [-0.2, -0.15) is 0 Å². The van der Waals surface area contributed by atoms with Crippen LogP contribution in [0, 0.1) is 5.92 Å². The number of carbonyl (C=O) groups is 2. The van der Waals surface area contributed by atoms with Gasteiger partial charge in [0.1, 0.15) is 12.2 Å². The van der Waals surface area contributed by atoms with Crippen LogP contribution < -0.4 is 24.3 Å². The zero-order valence-corrected chi connectivity index (χ0v) is 23.5. The molecule has 2 aliphatic carbocycles. The second kappa shape index (κ2) is 11.8. The molecule has 11 heteroatoms. The lowest BCUT2D eigenvalue weighted by Gasteiger charge is -2.41. The first-order chi connectivity index (χ1) is 20.4. The molecule has 4 unspecified atom stereocenters. The molecule has 2 aliphatic heterocycles. The Morgan fingerprint density at radius 1 is 1.07 bits per heavy atom. The number of rotatable bonds is 9. The molecule has 42 heavy (non-hydrogen) atoms. The maximum atomic E-state index is 14.1. The Bertz CT molecular complexity index is 1390. The average Bonchev–Trinajstić information content (AvgIpc) is 3.78. The van der Waals surface area contributed by atoms with Crippen molar-refractivity contribution in [3.63, 3.8) is 0 Å². The first kappa shape index (κ1) is 28.3. The van der Waals surface area contributed by atoms with Crippen molar-refractivity contribution in [3.05, 3.63) is 58.7 Å². The van der Waals surface area contributed by atoms with Crippen LogP contribution in [0.15, 0.2) is 42.0 Å². The van der Waals surface area contributed by atoms with Gasteiger partial charge in [0.25, 0.3) is 0 Å². The van der Waals surface area contributed by atoms with Gasteiger partial charge in [-0.05, 0) is 54.3 Å². The van der Waals surface area contributed by atoms with E-state index < -0.39 is 30.1 Å². The number of amides is 2. The normalized spacial score (nSPS) is 24.0. The fourth-order valence-electron chi connectivity index (χ4n) is 6.59. The maximum Gasteiger partial charge on any atom is 0.247 e. The second-order valence-corrected chi connectivity index (χ2v) is 11.2. The van der Waals surface area contributed by atoms with Crippen molar-refractivity contribution in [1.29, 1.82) is 0 Å². The molecule has 0 saturated heterocycles. The minimum Gasteiger partial charge on any atom is -0.493 e. The van der Waals surface area contributed by atoms with Crippen molar-refractivity contribution in [3.8, 4) is 23.0 Å². The minimum atomic E-state index is -1.18. The van der Waals surface area contributed by atoms with Crippen LogP contribution in [0.5, 0.6) is 23.0 Å². The van der Waals surface area contributed by atoms with E-state index in [1.807, 2.05) is 12.1 Å². The molecule has 2 aromatic carbocycles. The summed E-state index contributed by atoms with van der Waals surface area (Å²) in [6.07, 6.45) is 3.03. The number of hydrogen-bond acceptors (Lipinski definition) is 9. The highest BCUT2D eigenvalue weighted by Gasteiger charge is 2.52. The summed E-state index contributed by atoms with van der Waals surface area (Å²) in [5.74, 6) is 0.595. The third kappa shape index (κ3) is 5.05. The molecule has 2 aromatic rings. The van der Waals surface area contributed by atoms with Gasteiger partial charge in [0.05, 0.1) is 32.3 Å². The standard InChI is InChI=1S/C31H36N2O9/c1-39-25-12-18(15-35)10-20-26-21(30(37)32-8-9-34)13-22(27(36)29(26)42-28(20)25)33(31(38)19-4-2-3-5-19)14-17-6-7-23-24(11-17)41-16-40-23/h6-7,10-13,19,22,26-27,29,34-36H,2-5,8-9,14-16H2,1H3,(H,32,37). The molecular weight excluding hydrogens is 544 g/mol. The predicted octanol–water partition coefficient (Wildman–Crippen LogP) is 1.76. The minimum absolute atomic E-state index is 0.0381. The second-order valence-electron chi connectivity index (χ2n) is 11.2. The molecule has 4 aliphatic rings. The van der Waals surface area contributed by atoms with Crippen LogP contribution in [0.2, 0.25) is 0 Å². The van der Waals surface area contributed by atoms with Crippen molar-refractivity contribution in [2.75, 3.05) is 27.1 Å². The van der Waals surface area contributed by atoms with Crippen molar-refractivity contribution in [1.82, 2.24) is 10.2 Å². The molecule has 1 fully saturated rings. The number of carbonyl (C=O) groups excluding carboxylic acids is 2. The largest absolute Gasteiger partial charge is 0.493 e. The van der Waals surface area contributed by atoms with Gasteiger partial charge in [-0.3, -0.25) is 9.59 Å². The third-order valence-corrected chi connectivity index (χ3v) is 8.63. The molecule has 224 valence electrons. The van der Waals surface area contributed by atoms with E-state index in [4.69, 9.17) is 18.9 Å². The van der Waals surface area contributed by atoms with Gasteiger partial charge in [-0.1, -0.05) is 18.9 Å². The Labute approximate surface area is 243 Å². The zero-order valence-electron chi connectivity index (χ0n) is 23.5. The molecular formula is C31H36N2O9. The number of benzene rings is 2. The van der Waals surface area contributed by atoms with E-state index in [1.165, 1.54) is 7.11 Å². The van der Waals surface area contributed by atoms with Crippen LogP contribution in [-0.2, 0) is 22.7 Å². The summed E-state index contributed by atoms with van der Waals surface area (Å²) >= 11 is 0. The van der Waals surface area contributed by atoms with E-state index >= 15 is 0 Å². The topological polar surface area (TPSA) is 147 Å². The van der Waals surface area contributed by atoms with Crippen molar-refractivity contribution in [2.45, 2.75) is 63.0 Å². The molecule has 1 saturated carbocycles. The van der Waals surface area contributed by atoms with E-state index in [2.05, 4.69) is 5.32 Å². The lowest BCUT2D eigenvalue weighted by atomic mass is 9.77. The van der Waals surface area contributed by atoms with Crippen LogP contribution in [-0.4, -0.2) is 77.3 Å². The highest BCUT2D eigenvalue weighted by atomic mass is 16.7. The first-order valence-electron chi connectivity index (χ1n) is 14.4. The molecule has 6 rings (SSSR count). The van der Waals surface area contributed by atoms with Crippen LogP contribution >= 0.6 is 0 Å². The average molecular weight is 581 g/mol.